The summed E-state index contributed by atoms with van der Waals surface area (Å²) in [5.74, 6) is 0.166. The minimum absolute atomic E-state index is 0.00511. The van der Waals surface area contributed by atoms with Gasteiger partial charge in [0.2, 0.25) is 5.91 Å². The van der Waals surface area contributed by atoms with Crippen LogP contribution in [0.5, 0.6) is 0 Å². The summed E-state index contributed by atoms with van der Waals surface area (Å²) in [6, 6.07) is 0. The number of hydrogen-bond acceptors (Lipinski definition) is 4. The van der Waals surface area contributed by atoms with Gasteiger partial charge in [-0.2, -0.15) is 0 Å². The molecule has 0 bridgehead atoms. The van der Waals surface area contributed by atoms with E-state index in [1.165, 1.54) is 30.6 Å². The van der Waals surface area contributed by atoms with Gasteiger partial charge in [-0.15, -0.1) is 0 Å². The van der Waals surface area contributed by atoms with Crippen molar-refractivity contribution in [2.75, 3.05) is 40.3 Å². The van der Waals surface area contributed by atoms with Gasteiger partial charge in [0.25, 0.3) is 0 Å². The van der Waals surface area contributed by atoms with Gasteiger partial charge in [0.15, 0.2) is 11.7 Å². The van der Waals surface area contributed by atoms with Gasteiger partial charge in [0.1, 0.15) is 12.6 Å². The predicted molar refractivity (Wildman–Crippen MR) is 103 cm³/mol. The molecule has 1 aliphatic carbocycles. The van der Waals surface area contributed by atoms with Crippen molar-refractivity contribution in [2.45, 2.75) is 57.3 Å². The summed E-state index contributed by atoms with van der Waals surface area (Å²) in [6.45, 7) is 7.73. The molecule has 1 saturated heterocycles. The average molecular weight is 367 g/mol. The van der Waals surface area contributed by atoms with Gasteiger partial charge in [-0.25, -0.2) is 4.99 Å². The third-order valence-corrected chi connectivity index (χ3v) is 4.71. The van der Waals surface area contributed by atoms with E-state index in [1.54, 1.807) is 14.1 Å². The summed E-state index contributed by atoms with van der Waals surface area (Å²) in [5, 5.41) is 6.46. The fourth-order valence-corrected chi connectivity index (χ4v) is 3.15. The van der Waals surface area contributed by atoms with E-state index in [9.17, 15) is 4.79 Å². The van der Waals surface area contributed by atoms with Crippen LogP contribution in [0.4, 0.5) is 0 Å². The quantitative estimate of drug-likeness (QED) is 0.425. The molecule has 1 heterocycles. The topological polar surface area (TPSA) is 75.2 Å². The number of nitrogens with one attached hydrogen (secondary N) is 2. The Bertz CT molecular complexity index is 511. The molecule has 1 atom stereocenters. The van der Waals surface area contributed by atoms with Crippen LogP contribution in [-0.4, -0.2) is 69.0 Å². The smallest absolute Gasteiger partial charge is 0.243 e. The first-order chi connectivity index (χ1) is 12.4. The first kappa shape index (κ1) is 20.7. The molecular formula is C19H34N4O3. The average Bonchev–Trinajstić information content (AvgIpc) is 2.84. The van der Waals surface area contributed by atoms with Crippen molar-refractivity contribution >= 4 is 11.9 Å². The van der Waals surface area contributed by atoms with E-state index in [0.717, 1.165) is 18.4 Å². The van der Waals surface area contributed by atoms with E-state index in [2.05, 4.69) is 22.2 Å². The second kappa shape index (κ2) is 9.92. The summed E-state index contributed by atoms with van der Waals surface area (Å²) in [5.41, 5.74) is 0.997. The number of amides is 1. The molecule has 1 unspecified atom stereocenters. The van der Waals surface area contributed by atoms with Gasteiger partial charge in [-0.05, 0) is 19.8 Å². The standard InChI is InChI=1S/C19H34N4O3/c1-15(2)11-20-18(22-13-17(24)23(3)4)21-12-16-14-25-19(26-16)9-7-5-6-8-10-19/h16H,1,5-14H2,2-4H3,(H2,20,21,22). The molecule has 2 N–H and O–H groups in total. The van der Waals surface area contributed by atoms with E-state index in [4.69, 9.17) is 9.47 Å². The maximum atomic E-state index is 11.8. The number of guanidine groups is 1. The monoisotopic (exact) mass is 366 g/mol. The predicted octanol–water partition coefficient (Wildman–Crippen LogP) is 1.65. The van der Waals surface area contributed by atoms with E-state index in [0.29, 0.717) is 25.7 Å². The first-order valence-electron chi connectivity index (χ1n) is 9.59. The van der Waals surface area contributed by atoms with Crippen LogP contribution in [0.2, 0.25) is 0 Å². The van der Waals surface area contributed by atoms with Crippen LogP contribution in [0.1, 0.15) is 45.4 Å². The Kier molecular flexibility index (Phi) is 7.90. The van der Waals surface area contributed by atoms with Crippen molar-refractivity contribution in [1.29, 1.82) is 0 Å². The molecule has 0 aromatic carbocycles. The van der Waals surface area contributed by atoms with E-state index < -0.39 is 0 Å². The highest BCUT2D eigenvalue weighted by atomic mass is 16.7. The number of likely N-dealkylation sites (N-methyl/N-ethyl adjacent to an activating group) is 1. The zero-order valence-electron chi connectivity index (χ0n) is 16.5. The van der Waals surface area contributed by atoms with Crippen molar-refractivity contribution in [3.05, 3.63) is 12.2 Å². The van der Waals surface area contributed by atoms with Crippen LogP contribution in [0.15, 0.2) is 17.1 Å². The summed E-state index contributed by atoms with van der Waals surface area (Å²) in [4.78, 5) is 17.7. The minimum atomic E-state index is -0.383. The minimum Gasteiger partial charge on any atom is -0.354 e. The fourth-order valence-electron chi connectivity index (χ4n) is 3.15. The second-order valence-corrected chi connectivity index (χ2v) is 7.52. The number of hydrogen-bond donors (Lipinski definition) is 2. The number of aliphatic imine (C=N–C) groups is 1. The Hall–Kier alpha value is -1.60. The second-order valence-electron chi connectivity index (χ2n) is 7.52. The highest BCUT2D eigenvalue weighted by Crippen LogP contribution is 2.36. The molecule has 1 spiro atoms. The molecule has 7 heteroatoms. The van der Waals surface area contributed by atoms with Gasteiger partial charge < -0.3 is 25.0 Å². The Morgan fingerprint density at radius 3 is 2.54 bits per heavy atom. The Morgan fingerprint density at radius 2 is 1.92 bits per heavy atom. The summed E-state index contributed by atoms with van der Waals surface area (Å²) < 4.78 is 12.3. The van der Waals surface area contributed by atoms with Crippen molar-refractivity contribution in [1.82, 2.24) is 15.5 Å². The third-order valence-electron chi connectivity index (χ3n) is 4.71. The zero-order chi connectivity index (χ0) is 19.0. The van der Waals surface area contributed by atoms with Crippen molar-refractivity contribution < 1.29 is 14.3 Å². The van der Waals surface area contributed by atoms with Crippen LogP contribution in [0.25, 0.3) is 0 Å². The lowest BCUT2D eigenvalue weighted by molar-refractivity contribution is -0.175. The summed E-state index contributed by atoms with van der Waals surface area (Å²) in [7, 11) is 3.45. The van der Waals surface area contributed by atoms with E-state index >= 15 is 0 Å². The third kappa shape index (κ3) is 6.61. The number of carbonyl (C=O) groups excluding carboxylic acids is 1. The molecule has 2 rings (SSSR count). The van der Waals surface area contributed by atoms with Crippen molar-refractivity contribution in [2.24, 2.45) is 4.99 Å². The maximum absolute atomic E-state index is 11.8. The SMILES string of the molecule is C=C(C)CNC(=NCC(=O)N(C)C)NCC1COC2(CCCCCC2)O1. The molecule has 1 saturated carbocycles. The zero-order valence-corrected chi connectivity index (χ0v) is 16.5. The van der Waals surface area contributed by atoms with E-state index in [1.807, 2.05) is 6.92 Å². The molecule has 26 heavy (non-hydrogen) atoms. The Morgan fingerprint density at radius 1 is 1.23 bits per heavy atom. The van der Waals surface area contributed by atoms with Gasteiger partial charge in [0.05, 0.1) is 6.61 Å². The molecule has 0 aromatic heterocycles. The Balaban J connectivity index is 1.86. The number of ether oxygens (including phenoxy) is 2. The highest BCUT2D eigenvalue weighted by molar-refractivity contribution is 5.84. The number of carbonyl (C=O) groups is 1. The number of nitrogens with zero attached hydrogens (tertiary/aromatic N) is 2. The molecular weight excluding hydrogens is 332 g/mol. The lowest BCUT2D eigenvalue weighted by Crippen LogP contribution is -2.43. The van der Waals surface area contributed by atoms with Crippen molar-refractivity contribution in [3.8, 4) is 0 Å². The fraction of sp³-hybridized carbons (Fsp3) is 0.789. The molecule has 2 aliphatic rings. The van der Waals surface area contributed by atoms with Gasteiger partial charge >= 0.3 is 0 Å². The largest absolute Gasteiger partial charge is 0.354 e. The van der Waals surface area contributed by atoms with Crippen LogP contribution >= 0.6 is 0 Å². The van der Waals surface area contributed by atoms with E-state index in [-0.39, 0.29) is 24.3 Å². The van der Waals surface area contributed by atoms with Crippen LogP contribution in [0, 0.1) is 0 Å². The van der Waals surface area contributed by atoms with Gasteiger partial charge in [-0.3, -0.25) is 4.79 Å². The van der Waals surface area contributed by atoms with Gasteiger partial charge in [-0.1, -0.05) is 25.0 Å². The molecule has 0 aromatic rings. The molecule has 1 amide bonds. The highest BCUT2D eigenvalue weighted by Gasteiger charge is 2.41. The maximum Gasteiger partial charge on any atom is 0.243 e. The number of rotatable bonds is 6. The normalized spacial score (nSPS) is 22.7. The lowest BCUT2D eigenvalue weighted by Gasteiger charge is -2.26. The lowest BCUT2D eigenvalue weighted by atomic mass is 10.1. The van der Waals surface area contributed by atoms with Crippen LogP contribution in [0.3, 0.4) is 0 Å². The Labute approximate surface area is 157 Å². The molecule has 2 fully saturated rings. The van der Waals surface area contributed by atoms with Crippen LogP contribution < -0.4 is 10.6 Å². The van der Waals surface area contributed by atoms with Gasteiger partial charge in [0, 0.05) is 40.0 Å². The molecule has 7 nitrogen and oxygen atoms in total. The molecule has 0 radical (unpaired) electrons. The molecule has 1 aliphatic heterocycles. The first-order valence-corrected chi connectivity index (χ1v) is 9.59. The summed E-state index contributed by atoms with van der Waals surface area (Å²) in [6.07, 6.45) is 6.82. The summed E-state index contributed by atoms with van der Waals surface area (Å²) >= 11 is 0. The van der Waals surface area contributed by atoms with Crippen LogP contribution in [-0.2, 0) is 14.3 Å². The molecule has 148 valence electrons. The van der Waals surface area contributed by atoms with Crippen molar-refractivity contribution in [3.63, 3.8) is 0 Å².